The zero-order valence-corrected chi connectivity index (χ0v) is 12.6. The van der Waals surface area contributed by atoms with Gasteiger partial charge in [0.15, 0.2) is 0 Å². The number of halogens is 1. The highest BCUT2D eigenvalue weighted by Crippen LogP contribution is 2.24. The first-order chi connectivity index (χ1) is 9.59. The third kappa shape index (κ3) is 3.78. The van der Waals surface area contributed by atoms with E-state index in [4.69, 9.17) is 4.74 Å². The fourth-order valence-corrected chi connectivity index (χ4v) is 2.76. The van der Waals surface area contributed by atoms with Gasteiger partial charge < -0.3 is 10.1 Å². The third-order valence-corrected chi connectivity index (χ3v) is 4.29. The molecule has 1 aromatic carbocycles. The molecule has 2 rings (SSSR count). The fraction of sp³-hybridized carbons (Fsp3) is 0.625. The van der Waals surface area contributed by atoms with E-state index in [-0.39, 0.29) is 11.9 Å². The molecule has 1 aliphatic rings. The van der Waals surface area contributed by atoms with Crippen molar-refractivity contribution in [3.05, 3.63) is 35.6 Å². The summed E-state index contributed by atoms with van der Waals surface area (Å²) >= 11 is 0. The van der Waals surface area contributed by atoms with Crippen LogP contribution in [0.3, 0.4) is 0 Å². The van der Waals surface area contributed by atoms with E-state index in [0.29, 0.717) is 12.1 Å². The number of hydrogen-bond donors (Lipinski definition) is 1. The second-order valence-electron chi connectivity index (χ2n) is 5.67. The van der Waals surface area contributed by atoms with Crippen molar-refractivity contribution in [2.45, 2.75) is 38.4 Å². The second-order valence-corrected chi connectivity index (χ2v) is 5.67. The smallest absolute Gasteiger partial charge is 0.127 e. The molecule has 0 aromatic heterocycles. The summed E-state index contributed by atoms with van der Waals surface area (Å²) in [5, 5.41) is 3.47. The highest BCUT2D eigenvalue weighted by Gasteiger charge is 2.23. The molecule has 0 aliphatic carbocycles. The molecule has 0 saturated carbocycles. The van der Waals surface area contributed by atoms with Gasteiger partial charge in [-0.1, -0.05) is 18.2 Å². The number of morpholine rings is 1. The van der Waals surface area contributed by atoms with Crippen molar-refractivity contribution in [1.29, 1.82) is 0 Å². The molecule has 112 valence electrons. The standard InChI is InChI=1S/C16H25FN2O/c1-12(10-14-11-20-9-8-18-14)19(3)13(2)15-6-4-5-7-16(15)17/h4-7,12-14,18H,8-11H2,1-3H3. The van der Waals surface area contributed by atoms with Crippen LogP contribution in [0.1, 0.15) is 31.9 Å². The van der Waals surface area contributed by atoms with Gasteiger partial charge in [-0.15, -0.1) is 0 Å². The lowest BCUT2D eigenvalue weighted by molar-refractivity contribution is 0.0606. The number of hydrogen-bond acceptors (Lipinski definition) is 3. The number of rotatable bonds is 5. The summed E-state index contributed by atoms with van der Waals surface area (Å²) in [6.45, 7) is 6.73. The second kappa shape index (κ2) is 7.16. The molecule has 1 saturated heterocycles. The van der Waals surface area contributed by atoms with Gasteiger partial charge in [0.25, 0.3) is 0 Å². The minimum Gasteiger partial charge on any atom is -0.379 e. The first-order valence-corrected chi connectivity index (χ1v) is 7.37. The average Bonchev–Trinajstić information content (AvgIpc) is 2.47. The maximum atomic E-state index is 13.9. The quantitative estimate of drug-likeness (QED) is 0.897. The molecular weight excluding hydrogens is 255 g/mol. The Kier molecular flexibility index (Phi) is 5.52. The van der Waals surface area contributed by atoms with Crippen LogP contribution in [-0.4, -0.2) is 43.8 Å². The van der Waals surface area contributed by atoms with Crippen molar-refractivity contribution < 1.29 is 9.13 Å². The molecule has 1 aliphatic heterocycles. The van der Waals surface area contributed by atoms with E-state index in [1.807, 2.05) is 12.1 Å². The normalized spacial score (nSPS) is 22.8. The van der Waals surface area contributed by atoms with Crippen LogP contribution in [0.2, 0.25) is 0 Å². The fourth-order valence-electron chi connectivity index (χ4n) is 2.76. The van der Waals surface area contributed by atoms with Crippen LogP contribution in [0.25, 0.3) is 0 Å². The summed E-state index contributed by atoms with van der Waals surface area (Å²) in [6.07, 6.45) is 1.01. The van der Waals surface area contributed by atoms with E-state index in [1.54, 1.807) is 6.07 Å². The Morgan fingerprint density at radius 2 is 2.15 bits per heavy atom. The van der Waals surface area contributed by atoms with E-state index >= 15 is 0 Å². The molecule has 3 atom stereocenters. The molecule has 0 amide bonds. The van der Waals surface area contributed by atoms with Crippen molar-refractivity contribution in [2.75, 3.05) is 26.8 Å². The summed E-state index contributed by atoms with van der Waals surface area (Å²) in [7, 11) is 2.06. The summed E-state index contributed by atoms with van der Waals surface area (Å²) in [6, 6.07) is 7.85. The molecule has 1 aromatic rings. The summed E-state index contributed by atoms with van der Waals surface area (Å²) in [4.78, 5) is 2.23. The maximum absolute atomic E-state index is 13.9. The summed E-state index contributed by atoms with van der Waals surface area (Å²) in [5.74, 6) is -0.127. The lowest BCUT2D eigenvalue weighted by Crippen LogP contribution is -2.45. The molecule has 0 bridgehead atoms. The van der Waals surface area contributed by atoms with E-state index in [1.165, 1.54) is 6.07 Å². The summed E-state index contributed by atoms with van der Waals surface area (Å²) < 4.78 is 19.3. The van der Waals surface area contributed by atoms with Gasteiger partial charge in [0.2, 0.25) is 0 Å². The Hall–Kier alpha value is -0.970. The van der Waals surface area contributed by atoms with Crippen LogP contribution < -0.4 is 5.32 Å². The zero-order valence-electron chi connectivity index (χ0n) is 12.6. The molecule has 1 N–H and O–H groups in total. The highest BCUT2D eigenvalue weighted by atomic mass is 19.1. The molecule has 0 radical (unpaired) electrons. The van der Waals surface area contributed by atoms with Crippen LogP contribution >= 0.6 is 0 Å². The molecule has 4 heteroatoms. The summed E-state index contributed by atoms with van der Waals surface area (Å²) in [5.41, 5.74) is 0.759. The van der Waals surface area contributed by atoms with Crippen LogP contribution in [0.4, 0.5) is 4.39 Å². The Morgan fingerprint density at radius 3 is 2.80 bits per heavy atom. The average molecular weight is 280 g/mol. The predicted molar refractivity (Wildman–Crippen MR) is 79.3 cm³/mol. The van der Waals surface area contributed by atoms with E-state index in [2.05, 4.69) is 31.1 Å². The number of nitrogens with zero attached hydrogens (tertiary/aromatic N) is 1. The predicted octanol–water partition coefficient (Wildman–Crippen LogP) is 2.59. The maximum Gasteiger partial charge on any atom is 0.127 e. The topological polar surface area (TPSA) is 24.5 Å². The minimum absolute atomic E-state index is 0.0655. The number of benzene rings is 1. The van der Waals surface area contributed by atoms with Crippen LogP contribution in [-0.2, 0) is 4.74 Å². The zero-order chi connectivity index (χ0) is 14.5. The lowest BCUT2D eigenvalue weighted by Gasteiger charge is -2.34. The van der Waals surface area contributed by atoms with Crippen molar-refractivity contribution in [2.24, 2.45) is 0 Å². The first kappa shape index (κ1) is 15.4. The molecule has 3 nitrogen and oxygen atoms in total. The van der Waals surface area contributed by atoms with Gasteiger partial charge in [0.05, 0.1) is 13.2 Å². The number of nitrogens with one attached hydrogen (secondary N) is 1. The first-order valence-electron chi connectivity index (χ1n) is 7.37. The van der Waals surface area contributed by atoms with Gasteiger partial charge in [0, 0.05) is 30.2 Å². The SMILES string of the molecule is CC(CC1COCCN1)N(C)C(C)c1ccccc1F. The number of ether oxygens (including phenoxy) is 1. The van der Waals surface area contributed by atoms with E-state index in [0.717, 1.165) is 31.7 Å². The van der Waals surface area contributed by atoms with Crippen molar-refractivity contribution in [1.82, 2.24) is 10.2 Å². The van der Waals surface area contributed by atoms with E-state index < -0.39 is 0 Å². The molecule has 3 unspecified atom stereocenters. The van der Waals surface area contributed by atoms with Crippen LogP contribution in [0, 0.1) is 5.82 Å². The molecular formula is C16H25FN2O. The largest absolute Gasteiger partial charge is 0.379 e. The van der Waals surface area contributed by atoms with Crippen molar-refractivity contribution >= 4 is 0 Å². The highest BCUT2D eigenvalue weighted by molar-refractivity contribution is 5.20. The lowest BCUT2D eigenvalue weighted by atomic mass is 10.0. The van der Waals surface area contributed by atoms with Gasteiger partial charge in [-0.05, 0) is 33.4 Å². The molecule has 20 heavy (non-hydrogen) atoms. The van der Waals surface area contributed by atoms with Gasteiger partial charge in [-0.2, -0.15) is 0 Å². The van der Waals surface area contributed by atoms with Crippen LogP contribution in [0.15, 0.2) is 24.3 Å². The van der Waals surface area contributed by atoms with Crippen molar-refractivity contribution in [3.63, 3.8) is 0 Å². The molecule has 0 spiro atoms. The monoisotopic (exact) mass is 280 g/mol. The van der Waals surface area contributed by atoms with Gasteiger partial charge in [-0.25, -0.2) is 4.39 Å². The Morgan fingerprint density at radius 1 is 1.40 bits per heavy atom. The Labute approximate surface area is 121 Å². The van der Waals surface area contributed by atoms with Crippen molar-refractivity contribution in [3.8, 4) is 0 Å². The Balaban J connectivity index is 1.95. The minimum atomic E-state index is -0.127. The Bertz CT molecular complexity index is 421. The van der Waals surface area contributed by atoms with Crippen LogP contribution in [0.5, 0.6) is 0 Å². The molecule has 1 fully saturated rings. The van der Waals surface area contributed by atoms with Gasteiger partial charge >= 0.3 is 0 Å². The van der Waals surface area contributed by atoms with Gasteiger partial charge in [0.1, 0.15) is 5.82 Å². The van der Waals surface area contributed by atoms with E-state index in [9.17, 15) is 4.39 Å². The third-order valence-electron chi connectivity index (χ3n) is 4.29. The molecule has 1 heterocycles. The van der Waals surface area contributed by atoms with Gasteiger partial charge in [-0.3, -0.25) is 4.90 Å².